The van der Waals surface area contributed by atoms with E-state index in [1.165, 1.54) is 7.11 Å². The normalized spacial score (nSPS) is 12.5. The second kappa shape index (κ2) is 7.03. The number of nitrogens with zero attached hydrogens (tertiary/aromatic N) is 2. The van der Waals surface area contributed by atoms with Gasteiger partial charge in [-0.25, -0.2) is 4.98 Å². The van der Waals surface area contributed by atoms with Crippen molar-refractivity contribution in [3.8, 4) is 5.88 Å². The Morgan fingerprint density at radius 3 is 2.88 bits per heavy atom. The standard InChI is InChI=1S/C11H19N3O3/c1-8(2)17-10-4-5-12-11(14-10)13-6-9(15)7-16-3/h4-5,8-9,15H,6-7H2,1-3H3,(H,12,13,14). The fraction of sp³-hybridized carbons (Fsp3) is 0.636. The number of nitrogens with one attached hydrogen (secondary N) is 1. The second-order valence-electron chi connectivity index (χ2n) is 3.88. The van der Waals surface area contributed by atoms with Gasteiger partial charge in [0.05, 0.1) is 18.8 Å². The van der Waals surface area contributed by atoms with Crippen LogP contribution in [0.4, 0.5) is 5.95 Å². The summed E-state index contributed by atoms with van der Waals surface area (Å²) in [6.45, 7) is 4.46. The number of aliphatic hydroxyl groups is 1. The molecule has 6 heteroatoms. The summed E-state index contributed by atoms with van der Waals surface area (Å²) in [6, 6.07) is 1.69. The fourth-order valence-electron chi connectivity index (χ4n) is 1.19. The quantitative estimate of drug-likeness (QED) is 0.731. The van der Waals surface area contributed by atoms with E-state index in [2.05, 4.69) is 15.3 Å². The van der Waals surface area contributed by atoms with Crippen molar-refractivity contribution >= 4 is 5.95 Å². The lowest BCUT2D eigenvalue weighted by molar-refractivity contribution is 0.0726. The topological polar surface area (TPSA) is 76.5 Å². The van der Waals surface area contributed by atoms with Gasteiger partial charge in [0.2, 0.25) is 11.8 Å². The molecule has 0 aliphatic heterocycles. The van der Waals surface area contributed by atoms with Crippen LogP contribution in [0.3, 0.4) is 0 Å². The van der Waals surface area contributed by atoms with Crippen LogP contribution in [-0.2, 0) is 4.74 Å². The monoisotopic (exact) mass is 241 g/mol. The molecule has 1 unspecified atom stereocenters. The molecular weight excluding hydrogens is 222 g/mol. The van der Waals surface area contributed by atoms with E-state index in [0.717, 1.165) is 0 Å². The summed E-state index contributed by atoms with van der Waals surface area (Å²) in [5, 5.41) is 12.4. The Bertz CT molecular complexity index is 333. The van der Waals surface area contributed by atoms with Crippen LogP contribution in [0.2, 0.25) is 0 Å². The molecule has 0 saturated heterocycles. The predicted octanol–water partition coefficient (Wildman–Crippen LogP) is 0.683. The molecular formula is C11H19N3O3. The molecule has 17 heavy (non-hydrogen) atoms. The number of aliphatic hydroxyl groups excluding tert-OH is 1. The van der Waals surface area contributed by atoms with E-state index < -0.39 is 6.10 Å². The number of hydrogen-bond donors (Lipinski definition) is 2. The number of rotatable bonds is 7. The van der Waals surface area contributed by atoms with Crippen molar-refractivity contribution in [2.75, 3.05) is 25.6 Å². The first-order valence-electron chi connectivity index (χ1n) is 5.52. The number of aromatic nitrogens is 2. The van der Waals surface area contributed by atoms with Crippen LogP contribution in [-0.4, -0.2) is 47.5 Å². The highest BCUT2D eigenvalue weighted by Crippen LogP contribution is 2.09. The van der Waals surface area contributed by atoms with Gasteiger partial charge < -0.3 is 19.9 Å². The van der Waals surface area contributed by atoms with E-state index in [0.29, 0.717) is 18.4 Å². The lowest BCUT2D eigenvalue weighted by atomic mass is 10.4. The molecule has 1 aromatic rings. The maximum Gasteiger partial charge on any atom is 0.226 e. The lowest BCUT2D eigenvalue weighted by Crippen LogP contribution is -2.25. The number of anilines is 1. The predicted molar refractivity (Wildman–Crippen MR) is 64.2 cm³/mol. The van der Waals surface area contributed by atoms with Crippen molar-refractivity contribution in [1.82, 2.24) is 9.97 Å². The van der Waals surface area contributed by atoms with Crippen LogP contribution in [0.15, 0.2) is 12.3 Å². The van der Waals surface area contributed by atoms with Gasteiger partial charge in [-0.3, -0.25) is 0 Å². The van der Waals surface area contributed by atoms with Gasteiger partial charge in [-0.1, -0.05) is 0 Å². The van der Waals surface area contributed by atoms with Gasteiger partial charge >= 0.3 is 0 Å². The zero-order valence-corrected chi connectivity index (χ0v) is 10.4. The van der Waals surface area contributed by atoms with Crippen molar-refractivity contribution in [2.24, 2.45) is 0 Å². The molecule has 0 aliphatic carbocycles. The van der Waals surface area contributed by atoms with Crippen LogP contribution in [0, 0.1) is 0 Å². The van der Waals surface area contributed by atoms with Gasteiger partial charge in [0.1, 0.15) is 0 Å². The smallest absolute Gasteiger partial charge is 0.226 e. The van der Waals surface area contributed by atoms with Crippen LogP contribution < -0.4 is 10.1 Å². The molecule has 1 atom stereocenters. The molecule has 0 saturated carbocycles. The molecule has 96 valence electrons. The Labute approximate surface area is 101 Å². The van der Waals surface area contributed by atoms with Gasteiger partial charge in [0.25, 0.3) is 0 Å². The highest BCUT2D eigenvalue weighted by Gasteiger charge is 2.05. The van der Waals surface area contributed by atoms with Crippen molar-refractivity contribution in [3.63, 3.8) is 0 Å². The number of methoxy groups -OCH3 is 1. The van der Waals surface area contributed by atoms with Gasteiger partial charge in [0.15, 0.2) is 0 Å². The average molecular weight is 241 g/mol. The van der Waals surface area contributed by atoms with E-state index in [1.54, 1.807) is 12.3 Å². The van der Waals surface area contributed by atoms with Gasteiger partial charge in [-0.2, -0.15) is 4.98 Å². The zero-order chi connectivity index (χ0) is 12.7. The summed E-state index contributed by atoms with van der Waals surface area (Å²) in [5.74, 6) is 0.942. The molecule has 0 aliphatic rings. The Kier molecular flexibility index (Phi) is 5.65. The van der Waals surface area contributed by atoms with E-state index >= 15 is 0 Å². The van der Waals surface area contributed by atoms with Gasteiger partial charge in [0, 0.05) is 25.9 Å². The Hall–Kier alpha value is -1.40. The first kappa shape index (κ1) is 13.7. The highest BCUT2D eigenvalue weighted by molar-refractivity contribution is 5.27. The van der Waals surface area contributed by atoms with E-state index in [4.69, 9.17) is 9.47 Å². The molecule has 0 fully saturated rings. The van der Waals surface area contributed by atoms with Crippen LogP contribution in [0.25, 0.3) is 0 Å². The summed E-state index contributed by atoms with van der Waals surface area (Å²) in [7, 11) is 1.54. The maximum absolute atomic E-state index is 9.45. The Balaban J connectivity index is 2.48. The first-order valence-corrected chi connectivity index (χ1v) is 5.52. The molecule has 1 heterocycles. The second-order valence-corrected chi connectivity index (χ2v) is 3.88. The minimum absolute atomic E-state index is 0.0665. The minimum Gasteiger partial charge on any atom is -0.475 e. The molecule has 0 radical (unpaired) electrons. The highest BCUT2D eigenvalue weighted by atomic mass is 16.5. The van der Waals surface area contributed by atoms with Crippen LogP contribution in [0.1, 0.15) is 13.8 Å². The molecule has 2 N–H and O–H groups in total. The largest absolute Gasteiger partial charge is 0.475 e. The molecule has 0 amide bonds. The van der Waals surface area contributed by atoms with Crippen LogP contribution in [0.5, 0.6) is 5.88 Å². The Morgan fingerprint density at radius 1 is 1.47 bits per heavy atom. The number of hydrogen-bond acceptors (Lipinski definition) is 6. The molecule has 6 nitrogen and oxygen atoms in total. The van der Waals surface area contributed by atoms with E-state index in [9.17, 15) is 5.11 Å². The van der Waals surface area contributed by atoms with Gasteiger partial charge in [-0.05, 0) is 13.8 Å². The summed E-state index contributed by atoms with van der Waals surface area (Å²) in [6.07, 6.45) is 1.09. The van der Waals surface area contributed by atoms with Crippen LogP contribution >= 0.6 is 0 Å². The molecule has 0 spiro atoms. The summed E-state index contributed by atoms with van der Waals surface area (Å²) < 4.78 is 10.2. The lowest BCUT2D eigenvalue weighted by Gasteiger charge is -2.12. The van der Waals surface area contributed by atoms with Crippen molar-refractivity contribution in [3.05, 3.63) is 12.3 Å². The molecule has 1 rings (SSSR count). The average Bonchev–Trinajstić information content (AvgIpc) is 2.26. The third-order valence-electron chi connectivity index (χ3n) is 1.84. The van der Waals surface area contributed by atoms with Gasteiger partial charge in [-0.15, -0.1) is 0 Å². The number of ether oxygens (including phenoxy) is 2. The van der Waals surface area contributed by atoms with E-state index in [1.807, 2.05) is 13.8 Å². The third kappa shape index (κ3) is 5.46. The SMILES string of the molecule is COCC(O)CNc1nccc(OC(C)C)n1. The van der Waals surface area contributed by atoms with E-state index in [-0.39, 0.29) is 12.7 Å². The molecule has 0 aromatic carbocycles. The zero-order valence-electron chi connectivity index (χ0n) is 10.4. The van der Waals surface area contributed by atoms with Crippen molar-refractivity contribution < 1.29 is 14.6 Å². The molecule has 0 bridgehead atoms. The summed E-state index contributed by atoms with van der Waals surface area (Å²) in [5.41, 5.74) is 0. The first-order chi connectivity index (χ1) is 8.11. The maximum atomic E-state index is 9.45. The fourth-order valence-corrected chi connectivity index (χ4v) is 1.19. The summed E-state index contributed by atoms with van der Waals surface area (Å²) >= 11 is 0. The minimum atomic E-state index is -0.585. The third-order valence-corrected chi connectivity index (χ3v) is 1.84. The Morgan fingerprint density at radius 2 is 2.24 bits per heavy atom. The molecule has 1 aromatic heterocycles. The van der Waals surface area contributed by atoms with Crippen molar-refractivity contribution in [2.45, 2.75) is 26.1 Å². The van der Waals surface area contributed by atoms with Crippen molar-refractivity contribution in [1.29, 1.82) is 0 Å². The summed E-state index contributed by atoms with van der Waals surface area (Å²) in [4.78, 5) is 8.17.